The summed E-state index contributed by atoms with van der Waals surface area (Å²) in [7, 11) is 0. The van der Waals surface area contributed by atoms with Crippen molar-refractivity contribution in [2.45, 2.75) is 76.8 Å². The van der Waals surface area contributed by atoms with E-state index >= 15 is 0 Å². The van der Waals surface area contributed by atoms with Gasteiger partial charge in [-0.15, -0.1) is 0 Å². The van der Waals surface area contributed by atoms with Crippen LogP contribution in [0.15, 0.2) is 24.4 Å². The Morgan fingerprint density at radius 2 is 1.77 bits per heavy atom. The summed E-state index contributed by atoms with van der Waals surface area (Å²) in [4.78, 5) is 28.8. The normalized spacial score (nSPS) is 24.0. The molecule has 0 unspecified atom stereocenters. The second kappa shape index (κ2) is 9.70. The number of nitrogens with one attached hydrogen (secondary N) is 2. The summed E-state index contributed by atoms with van der Waals surface area (Å²) in [6.45, 7) is 0.484. The van der Waals surface area contributed by atoms with Crippen LogP contribution in [0.1, 0.15) is 69.9 Å². The topological polar surface area (TPSA) is 71.1 Å². The Morgan fingerprint density at radius 1 is 1.00 bits per heavy atom. The molecule has 2 N–H and O–H groups in total. The lowest BCUT2D eigenvalue weighted by atomic mass is 9.84. The minimum Gasteiger partial charge on any atom is -0.353 e. The molecule has 2 aliphatic rings. The number of amides is 2. The van der Waals surface area contributed by atoms with Crippen molar-refractivity contribution in [3.8, 4) is 0 Å². The molecule has 1 aromatic rings. The SMILES string of the molecule is O=C(CC1CCCCC1)NC1CCC(C(=O)NCc2ccccn2)CC1. The van der Waals surface area contributed by atoms with Gasteiger partial charge in [0.2, 0.25) is 11.8 Å². The monoisotopic (exact) mass is 357 g/mol. The Morgan fingerprint density at radius 3 is 2.46 bits per heavy atom. The van der Waals surface area contributed by atoms with Crippen LogP contribution in [0.25, 0.3) is 0 Å². The number of nitrogens with zero attached hydrogens (tertiary/aromatic N) is 1. The van der Waals surface area contributed by atoms with Gasteiger partial charge in [-0.2, -0.15) is 0 Å². The fourth-order valence-corrected chi connectivity index (χ4v) is 4.26. The van der Waals surface area contributed by atoms with Crippen molar-refractivity contribution in [1.29, 1.82) is 0 Å². The number of aromatic nitrogens is 1. The van der Waals surface area contributed by atoms with Crippen molar-refractivity contribution < 1.29 is 9.59 Å². The highest BCUT2D eigenvalue weighted by Crippen LogP contribution is 2.27. The smallest absolute Gasteiger partial charge is 0.223 e. The van der Waals surface area contributed by atoms with Gasteiger partial charge in [0.1, 0.15) is 0 Å². The zero-order valence-corrected chi connectivity index (χ0v) is 15.6. The van der Waals surface area contributed by atoms with Gasteiger partial charge in [-0.25, -0.2) is 0 Å². The number of carbonyl (C=O) groups is 2. The third-order valence-corrected chi connectivity index (χ3v) is 5.83. The third-order valence-electron chi connectivity index (χ3n) is 5.83. The Balaban J connectivity index is 1.34. The average molecular weight is 357 g/mol. The predicted molar refractivity (Wildman–Crippen MR) is 101 cm³/mol. The van der Waals surface area contributed by atoms with Crippen molar-refractivity contribution in [2.24, 2.45) is 11.8 Å². The summed E-state index contributed by atoms with van der Waals surface area (Å²) in [6, 6.07) is 5.95. The zero-order valence-electron chi connectivity index (χ0n) is 15.6. The predicted octanol–water partition coefficient (Wildman–Crippen LogP) is 3.34. The Labute approximate surface area is 156 Å². The van der Waals surface area contributed by atoms with Gasteiger partial charge >= 0.3 is 0 Å². The highest BCUT2D eigenvalue weighted by molar-refractivity contribution is 5.79. The number of rotatable bonds is 6. The molecule has 0 bridgehead atoms. The minimum atomic E-state index is 0.0604. The molecule has 1 aromatic heterocycles. The second-order valence-corrected chi connectivity index (χ2v) is 7.86. The first-order valence-electron chi connectivity index (χ1n) is 10.2. The molecule has 0 radical (unpaired) electrons. The number of pyridine rings is 1. The molecule has 0 saturated heterocycles. The van der Waals surface area contributed by atoms with E-state index in [1.165, 1.54) is 32.1 Å². The maximum atomic E-state index is 12.3. The summed E-state index contributed by atoms with van der Waals surface area (Å²) in [6.07, 6.45) is 12.2. The van der Waals surface area contributed by atoms with Gasteiger partial charge in [0, 0.05) is 24.6 Å². The van der Waals surface area contributed by atoms with Crippen molar-refractivity contribution in [1.82, 2.24) is 15.6 Å². The largest absolute Gasteiger partial charge is 0.353 e. The molecule has 2 fully saturated rings. The molecule has 1 heterocycles. The lowest BCUT2D eigenvalue weighted by molar-refractivity contribution is -0.126. The summed E-state index contributed by atoms with van der Waals surface area (Å²) in [5.74, 6) is 0.963. The lowest BCUT2D eigenvalue weighted by Gasteiger charge is -2.29. The molecular weight excluding hydrogens is 326 g/mol. The van der Waals surface area contributed by atoms with Gasteiger partial charge in [-0.3, -0.25) is 14.6 Å². The molecule has 0 aromatic carbocycles. The second-order valence-electron chi connectivity index (χ2n) is 7.86. The van der Waals surface area contributed by atoms with Gasteiger partial charge in [-0.05, 0) is 56.6 Å². The first-order chi connectivity index (χ1) is 12.7. The summed E-state index contributed by atoms with van der Waals surface area (Å²) >= 11 is 0. The Bertz CT molecular complexity index is 576. The molecule has 26 heavy (non-hydrogen) atoms. The molecule has 0 aliphatic heterocycles. The fraction of sp³-hybridized carbons (Fsp3) is 0.667. The van der Waals surface area contributed by atoms with Crippen LogP contribution in [-0.2, 0) is 16.1 Å². The summed E-state index contributed by atoms with van der Waals surface area (Å²) < 4.78 is 0. The summed E-state index contributed by atoms with van der Waals surface area (Å²) in [5.41, 5.74) is 0.879. The van der Waals surface area contributed by atoms with Gasteiger partial charge in [0.15, 0.2) is 0 Å². The highest BCUT2D eigenvalue weighted by atomic mass is 16.2. The molecule has 2 aliphatic carbocycles. The average Bonchev–Trinajstić information content (AvgIpc) is 2.68. The molecule has 2 amide bonds. The van der Waals surface area contributed by atoms with Crippen LogP contribution in [0, 0.1) is 11.8 Å². The van der Waals surface area contributed by atoms with E-state index in [2.05, 4.69) is 15.6 Å². The van der Waals surface area contributed by atoms with Crippen LogP contribution in [0.3, 0.4) is 0 Å². The first-order valence-corrected chi connectivity index (χ1v) is 10.2. The van der Waals surface area contributed by atoms with E-state index in [1.54, 1.807) is 6.20 Å². The number of hydrogen-bond donors (Lipinski definition) is 2. The molecule has 142 valence electrons. The Kier molecular flexibility index (Phi) is 7.04. The molecule has 2 saturated carbocycles. The van der Waals surface area contributed by atoms with Crippen molar-refractivity contribution in [3.63, 3.8) is 0 Å². The van der Waals surface area contributed by atoms with Crippen LogP contribution >= 0.6 is 0 Å². The van der Waals surface area contributed by atoms with E-state index in [-0.39, 0.29) is 23.8 Å². The first kappa shape index (κ1) is 18.9. The maximum absolute atomic E-state index is 12.3. The van der Waals surface area contributed by atoms with Crippen LogP contribution in [0.4, 0.5) is 0 Å². The van der Waals surface area contributed by atoms with Crippen molar-refractivity contribution in [2.75, 3.05) is 0 Å². The van der Waals surface area contributed by atoms with E-state index in [1.807, 2.05) is 18.2 Å². The standard InChI is InChI=1S/C21H31N3O2/c25-20(14-16-6-2-1-3-7-16)24-18-11-9-17(10-12-18)21(26)23-15-19-8-4-5-13-22-19/h4-5,8,13,16-18H,1-3,6-7,9-12,14-15H2,(H,23,26)(H,24,25). The van der Waals surface area contributed by atoms with E-state index < -0.39 is 0 Å². The zero-order chi connectivity index (χ0) is 18.2. The molecular formula is C21H31N3O2. The molecule has 0 spiro atoms. The third kappa shape index (κ3) is 5.82. The lowest BCUT2D eigenvalue weighted by Crippen LogP contribution is -2.41. The van der Waals surface area contributed by atoms with Crippen LogP contribution in [-0.4, -0.2) is 22.8 Å². The van der Waals surface area contributed by atoms with E-state index in [9.17, 15) is 9.59 Å². The fourth-order valence-electron chi connectivity index (χ4n) is 4.26. The molecule has 3 rings (SSSR count). The van der Waals surface area contributed by atoms with Gasteiger partial charge in [-0.1, -0.05) is 25.3 Å². The highest BCUT2D eigenvalue weighted by Gasteiger charge is 2.27. The van der Waals surface area contributed by atoms with E-state index in [4.69, 9.17) is 0 Å². The van der Waals surface area contributed by atoms with Gasteiger partial charge in [0.05, 0.1) is 12.2 Å². The molecule has 0 atom stereocenters. The van der Waals surface area contributed by atoms with Gasteiger partial charge in [0.25, 0.3) is 0 Å². The molecule has 5 nitrogen and oxygen atoms in total. The van der Waals surface area contributed by atoms with Crippen LogP contribution < -0.4 is 10.6 Å². The van der Waals surface area contributed by atoms with Crippen molar-refractivity contribution >= 4 is 11.8 Å². The Hall–Kier alpha value is -1.91. The number of hydrogen-bond acceptors (Lipinski definition) is 3. The van der Waals surface area contributed by atoms with E-state index in [0.717, 1.165) is 31.4 Å². The quantitative estimate of drug-likeness (QED) is 0.820. The minimum absolute atomic E-state index is 0.0604. The van der Waals surface area contributed by atoms with Crippen LogP contribution in [0.2, 0.25) is 0 Å². The summed E-state index contributed by atoms with van der Waals surface area (Å²) in [5, 5.41) is 6.19. The van der Waals surface area contributed by atoms with Crippen molar-refractivity contribution in [3.05, 3.63) is 30.1 Å². The van der Waals surface area contributed by atoms with Crippen LogP contribution in [0.5, 0.6) is 0 Å². The molecule has 5 heteroatoms. The van der Waals surface area contributed by atoms with Gasteiger partial charge < -0.3 is 10.6 Å². The number of carbonyl (C=O) groups excluding carboxylic acids is 2. The maximum Gasteiger partial charge on any atom is 0.223 e. The van der Waals surface area contributed by atoms with E-state index in [0.29, 0.717) is 18.9 Å².